The zero-order valence-electron chi connectivity index (χ0n) is 7.19. The molecule has 12 heavy (non-hydrogen) atoms. The van der Waals surface area contributed by atoms with Crippen LogP contribution in [-0.4, -0.2) is 6.04 Å². The van der Waals surface area contributed by atoms with Gasteiger partial charge in [-0.25, -0.2) is 0 Å². The van der Waals surface area contributed by atoms with Crippen molar-refractivity contribution in [1.29, 1.82) is 0 Å². The SMILES string of the molecule is NC1[C@@H]2[C@@H]3C[C@@H]4[C@@H]5C[C@H]([C@H]1[C@H]53)[C@@H]42. The average Bonchev–Trinajstić information content (AvgIpc) is 2.68. The van der Waals surface area contributed by atoms with E-state index >= 15 is 0 Å². The molecule has 0 aliphatic heterocycles. The fourth-order valence-corrected chi connectivity index (χ4v) is 6.69. The number of rotatable bonds is 0. The third-order valence-electron chi connectivity index (χ3n) is 6.38. The molecule has 0 aromatic heterocycles. The van der Waals surface area contributed by atoms with E-state index in [-0.39, 0.29) is 0 Å². The van der Waals surface area contributed by atoms with E-state index in [1.54, 1.807) is 12.8 Å². The highest BCUT2D eigenvalue weighted by Crippen LogP contribution is 2.82. The van der Waals surface area contributed by atoms with E-state index in [4.69, 9.17) is 5.73 Å². The van der Waals surface area contributed by atoms with Gasteiger partial charge in [-0.15, -0.1) is 0 Å². The van der Waals surface area contributed by atoms with Gasteiger partial charge in [0.1, 0.15) is 0 Å². The molecule has 0 spiro atoms. The van der Waals surface area contributed by atoms with Crippen LogP contribution in [-0.2, 0) is 0 Å². The molecule has 0 aromatic rings. The molecular formula is C11H15N. The Morgan fingerprint density at radius 3 is 1.67 bits per heavy atom. The van der Waals surface area contributed by atoms with Gasteiger partial charge in [-0.2, -0.15) is 0 Å². The minimum absolute atomic E-state index is 0.646. The largest absolute Gasteiger partial charge is 0.327 e. The first-order valence-corrected chi connectivity index (χ1v) is 5.63. The summed E-state index contributed by atoms with van der Waals surface area (Å²) in [5, 5.41) is 0. The minimum atomic E-state index is 0.646. The lowest BCUT2D eigenvalue weighted by molar-refractivity contribution is 0.132. The van der Waals surface area contributed by atoms with Crippen LogP contribution in [0.4, 0.5) is 0 Å². The van der Waals surface area contributed by atoms with Gasteiger partial charge in [0.25, 0.3) is 0 Å². The Balaban J connectivity index is 1.89. The molecular weight excluding hydrogens is 146 g/mol. The molecule has 1 unspecified atom stereocenters. The standard InChI is InChI=1S/C11H15N/c12-11-9-5-1-3-4-2-6(7(3)9)10(11)8(4)5/h3-11H,1-2,12H2/t3-,4+,5-,6+,7-,8-,9-,10+,11?/m1/s1. The van der Waals surface area contributed by atoms with Crippen LogP contribution >= 0.6 is 0 Å². The summed E-state index contributed by atoms with van der Waals surface area (Å²) in [4.78, 5) is 0. The van der Waals surface area contributed by atoms with Crippen molar-refractivity contribution < 1.29 is 0 Å². The van der Waals surface area contributed by atoms with E-state index in [1.807, 2.05) is 0 Å². The second-order valence-electron chi connectivity index (χ2n) is 6.01. The molecule has 6 aliphatic rings. The smallest absolute Gasteiger partial charge is 0.0107 e. The fourth-order valence-electron chi connectivity index (χ4n) is 6.69. The van der Waals surface area contributed by atoms with Gasteiger partial charge >= 0.3 is 0 Å². The van der Waals surface area contributed by atoms with Gasteiger partial charge < -0.3 is 5.73 Å². The highest BCUT2D eigenvalue weighted by atomic mass is 14.9. The maximum absolute atomic E-state index is 6.34. The van der Waals surface area contributed by atoms with E-state index in [9.17, 15) is 0 Å². The second-order valence-corrected chi connectivity index (χ2v) is 6.01. The Hall–Kier alpha value is -0.0400. The summed E-state index contributed by atoms with van der Waals surface area (Å²) in [6, 6.07) is 0.646. The first-order chi connectivity index (χ1) is 5.88. The summed E-state index contributed by atoms with van der Waals surface area (Å²) in [6.07, 6.45) is 3.18. The lowest BCUT2D eigenvalue weighted by Gasteiger charge is -2.33. The van der Waals surface area contributed by atoms with E-state index in [0.29, 0.717) is 6.04 Å². The van der Waals surface area contributed by atoms with Gasteiger partial charge in [0.15, 0.2) is 0 Å². The molecule has 0 aromatic carbocycles. The van der Waals surface area contributed by atoms with E-state index in [1.165, 1.54) is 11.8 Å². The molecule has 1 heteroatoms. The molecule has 6 fully saturated rings. The van der Waals surface area contributed by atoms with Gasteiger partial charge in [0.2, 0.25) is 0 Å². The summed E-state index contributed by atoms with van der Waals surface area (Å²) < 4.78 is 0. The molecule has 9 atom stereocenters. The first-order valence-electron chi connectivity index (χ1n) is 5.63. The second kappa shape index (κ2) is 1.30. The molecule has 6 rings (SSSR count). The van der Waals surface area contributed by atoms with E-state index < -0.39 is 0 Å². The normalized spacial score (nSPS) is 85.2. The Labute approximate surface area is 72.7 Å². The van der Waals surface area contributed by atoms with Crippen LogP contribution < -0.4 is 5.73 Å². The predicted molar refractivity (Wildman–Crippen MR) is 45.1 cm³/mol. The van der Waals surface area contributed by atoms with Crippen LogP contribution in [0.2, 0.25) is 0 Å². The average molecular weight is 161 g/mol. The lowest BCUT2D eigenvalue weighted by Crippen LogP contribution is -2.30. The Morgan fingerprint density at radius 1 is 0.667 bits per heavy atom. The Morgan fingerprint density at radius 2 is 1.17 bits per heavy atom. The molecule has 0 heterocycles. The third-order valence-corrected chi connectivity index (χ3v) is 6.38. The minimum Gasteiger partial charge on any atom is -0.327 e. The molecule has 0 radical (unpaired) electrons. The summed E-state index contributed by atoms with van der Waals surface area (Å²) >= 11 is 0. The lowest BCUT2D eigenvalue weighted by atomic mass is 9.71. The summed E-state index contributed by atoms with van der Waals surface area (Å²) in [5.74, 6) is 8.84. The highest BCUT2D eigenvalue weighted by Gasteiger charge is 2.79. The number of nitrogens with two attached hydrogens (primary N) is 1. The monoisotopic (exact) mass is 161 g/mol. The number of hydrogen-bond acceptors (Lipinski definition) is 1. The molecule has 64 valence electrons. The van der Waals surface area contributed by atoms with Gasteiger partial charge in [-0.3, -0.25) is 0 Å². The summed E-state index contributed by atoms with van der Waals surface area (Å²) in [6.45, 7) is 0. The van der Waals surface area contributed by atoms with Crippen LogP contribution in [0.5, 0.6) is 0 Å². The van der Waals surface area contributed by atoms with Crippen LogP contribution in [0.15, 0.2) is 0 Å². The molecule has 6 aliphatic carbocycles. The molecule has 2 N–H and O–H groups in total. The van der Waals surface area contributed by atoms with Crippen molar-refractivity contribution in [3.05, 3.63) is 0 Å². The first kappa shape index (κ1) is 5.64. The Kier molecular flexibility index (Phi) is 0.609. The highest BCUT2D eigenvalue weighted by molar-refractivity contribution is 5.28. The zero-order valence-corrected chi connectivity index (χ0v) is 7.19. The number of hydrogen-bond donors (Lipinski definition) is 1. The van der Waals surface area contributed by atoms with Crippen LogP contribution in [0.25, 0.3) is 0 Å². The van der Waals surface area contributed by atoms with E-state index in [2.05, 4.69) is 0 Å². The van der Waals surface area contributed by atoms with Gasteiger partial charge in [0.05, 0.1) is 0 Å². The molecule has 0 saturated heterocycles. The molecule has 1 nitrogen and oxygen atoms in total. The van der Waals surface area contributed by atoms with E-state index in [0.717, 1.165) is 35.5 Å². The van der Waals surface area contributed by atoms with Gasteiger partial charge in [0, 0.05) is 6.04 Å². The van der Waals surface area contributed by atoms with Crippen molar-refractivity contribution in [3.63, 3.8) is 0 Å². The maximum Gasteiger partial charge on any atom is 0.0107 e. The molecule has 6 bridgehead atoms. The topological polar surface area (TPSA) is 26.0 Å². The molecule has 0 amide bonds. The van der Waals surface area contributed by atoms with Crippen molar-refractivity contribution in [2.75, 3.05) is 0 Å². The van der Waals surface area contributed by atoms with Crippen molar-refractivity contribution in [2.24, 2.45) is 53.1 Å². The van der Waals surface area contributed by atoms with Crippen LogP contribution in [0.1, 0.15) is 12.8 Å². The maximum atomic E-state index is 6.34. The van der Waals surface area contributed by atoms with Crippen molar-refractivity contribution in [2.45, 2.75) is 18.9 Å². The van der Waals surface area contributed by atoms with Crippen molar-refractivity contribution >= 4 is 0 Å². The van der Waals surface area contributed by atoms with Gasteiger partial charge in [-0.05, 0) is 60.2 Å². The zero-order chi connectivity index (χ0) is 7.61. The van der Waals surface area contributed by atoms with Crippen molar-refractivity contribution in [1.82, 2.24) is 0 Å². The summed E-state index contributed by atoms with van der Waals surface area (Å²) in [5.41, 5.74) is 6.34. The Bertz CT molecular complexity index is 251. The molecule has 6 saturated carbocycles. The predicted octanol–water partition coefficient (Wildman–Crippen LogP) is 1.09. The van der Waals surface area contributed by atoms with Gasteiger partial charge in [-0.1, -0.05) is 0 Å². The van der Waals surface area contributed by atoms with Crippen LogP contribution in [0, 0.1) is 47.3 Å². The quantitative estimate of drug-likeness (QED) is 0.565. The van der Waals surface area contributed by atoms with Crippen LogP contribution in [0.3, 0.4) is 0 Å². The summed E-state index contributed by atoms with van der Waals surface area (Å²) in [7, 11) is 0. The third kappa shape index (κ3) is 0.296. The fraction of sp³-hybridized carbons (Fsp3) is 1.00. The van der Waals surface area contributed by atoms with Crippen molar-refractivity contribution in [3.8, 4) is 0 Å².